The van der Waals surface area contributed by atoms with Gasteiger partial charge in [0.15, 0.2) is 5.69 Å². The highest BCUT2D eigenvalue weighted by Gasteiger charge is 2.29. The van der Waals surface area contributed by atoms with Crippen LogP contribution in [0.1, 0.15) is 45.1 Å². The Morgan fingerprint density at radius 1 is 1.28 bits per heavy atom. The van der Waals surface area contributed by atoms with E-state index in [0.717, 1.165) is 31.5 Å². The molecule has 174 valence electrons. The lowest BCUT2D eigenvalue weighted by atomic mass is 10.00. The van der Waals surface area contributed by atoms with Crippen molar-refractivity contribution in [3.63, 3.8) is 0 Å². The number of likely N-dealkylation sites (tertiary alicyclic amines) is 1. The second-order valence-electron chi connectivity index (χ2n) is 8.45. The maximum absolute atomic E-state index is 13.3. The van der Waals surface area contributed by atoms with Gasteiger partial charge in [0.05, 0.1) is 0 Å². The SMILES string of the molecule is CCCC(C)N1CCC(N(Cc2ccccc2)C(=O)Nc2ccc(Cl)c([N@@H+]([O-])O)c2)CC1. The Bertz CT molecular complexity index is 873. The first kappa shape index (κ1) is 24.5. The van der Waals surface area contributed by atoms with E-state index in [2.05, 4.69) is 24.1 Å². The number of benzene rings is 2. The molecule has 3 N–H and O–H groups in total. The summed E-state index contributed by atoms with van der Waals surface area (Å²) >= 11 is 5.97. The molecule has 1 aliphatic heterocycles. The lowest BCUT2D eigenvalue weighted by molar-refractivity contribution is -0.991. The summed E-state index contributed by atoms with van der Waals surface area (Å²) in [7, 11) is 0. The average Bonchev–Trinajstić information content (AvgIpc) is 2.79. The number of hydrogen-bond donors (Lipinski definition) is 3. The number of quaternary nitrogens is 1. The molecule has 1 heterocycles. The van der Waals surface area contributed by atoms with Crippen LogP contribution >= 0.6 is 11.6 Å². The van der Waals surface area contributed by atoms with Gasteiger partial charge in [-0.25, -0.2) is 10.0 Å². The maximum atomic E-state index is 13.3. The number of nitrogens with one attached hydrogen (secondary N) is 2. The smallest absolute Gasteiger partial charge is 0.322 e. The molecule has 2 atom stereocenters. The first-order valence-electron chi connectivity index (χ1n) is 11.3. The lowest BCUT2D eigenvalue weighted by Crippen LogP contribution is -2.99. The van der Waals surface area contributed by atoms with Gasteiger partial charge >= 0.3 is 6.03 Å². The molecule has 7 nitrogen and oxygen atoms in total. The molecule has 2 aromatic carbocycles. The fraction of sp³-hybridized carbons (Fsp3) is 0.458. The molecule has 1 saturated heterocycles. The zero-order valence-corrected chi connectivity index (χ0v) is 19.5. The topological polar surface area (TPSA) is 83.3 Å². The molecule has 1 fully saturated rings. The zero-order valence-electron chi connectivity index (χ0n) is 18.8. The fourth-order valence-electron chi connectivity index (χ4n) is 4.35. The van der Waals surface area contributed by atoms with Gasteiger partial charge in [-0.3, -0.25) is 0 Å². The largest absolute Gasteiger partial charge is 0.595 e. The minimum Gasteiger partial charge on any atom is -0.595 e. The normalized spacial score (nSPS) is 17.0. The minimum absolute atomic E-state index is 0.0303. The van der Waals surface area contributed by atoms with E-state index in [4.69, 9.17) is 11.6 Å². The van der Waals surface area contributed by atoms with Crippen LogP contribution < -0.4 is 10.5 Å². The van der Waals surface area contributed by atoms with Gasteiger partial charge in [0.1, 0.15) is 5.02 Å². The average molecular weight is 461 g/mol. The van der Waals surface area contributed by atoms with Crippen LogP contribution in [0.15, 0.2) is 48.5 Å². The van der Waals surface area contributed by atoms with Crippen LogP contribution in [0.2, 0.25) is 5.02 Å². The Kier molecular flexibility index (Phi) is 8.90. The highest BCUT2D eigenvalue weighted by molar-refractivity contribution is 6.32. The van der Waals surface area contributed by atoms with Crippen LogP contribution in [0, 0.1) is 5.21 Å². The molecule has 0 radical (unpaired) electrons. The third kappa shape index (κ3) is 6.43. The zero-order chi connectivity index (χ0) is 23.1. The Hall–Kier alpha value is -2.16. The third-order valence-electron chi connectivity index (χ3n) is 6.17. The Morgan fingerprint density at radius 2 is 1.97 bits per heavy atom. The number of anilines is 1. The third-order valence-corrected chi connectivity index (χ3v) is 6.50. The number of carbonyl (C=O) groups excluding carboxylic acids is 1. The maximum Gasteiger partial charge on any atom is 0.322 e. The van der Waals surface area contributed by atoms with Gasteiger partial charge in [0, 0.05) is 43.5 Å². The van der Waals surface area contributed by atoms with Crippen molar-refractivity contribution in [2.75, 3.05) is 18.4 Å². The monoisotopic (exact) mass is 460 g/mol. The van der Waals surface area contributed by atoms with Gasteiger partial charge in [-0.2, -0.15) is 5.23 Å². The van der Waals surface area contributed by atoms with E-state index >= 15 is 0 Å². The first-order chi connectivity index (χ1) is 15.4. The van der Waals surface area contributed by atoms with Gasteiger partial charge in [-0.15, -0.1) is 0 Å². The molecule has 3 rings (SSSR count). The second-order valence-corrected chi connectivity index (χ2v) is 8.86. The molecule has 8 heteroatoms. The number of hydrogen-bond acceptors (Lipinski definition) is 4. The molecule has 0 bridgehead atoms. The number of piperidine rings is 1. The van der Waals surface area contributed by atoms with E-state index in [1.807, 2.05) is 35.2 Å². The summed E-state index contributed by atoms with van der Waals surface area (Å²) in [6.45, 7) is 6.92. The summed E-state index contributed by atoms with van der Waals surface area (Å²) in [5.74, 6) is 0. The van der Waals surface area contributed by atoms with Crippen LogP contribution in [0.3, 0.4) is 0 Å². The summed E-state index contributed by atoms with van der Waals surface area (Å²) in [6, 6.07) is 14.9. The van der Waals surface area contributed by atoms with Crippen LogP contribution in [-0.4, -0.2) is 46.2 Å². The van der Waals surface area contributed by atoms with E-state index in [9.17, 15) is 15.2 Å². The molecule has 1 aliphatic rings. The van der Waals surface area contributed by atoms with Crippen LogP contribution in [-0.2, 0) is 6.54 Å². The van der Waals surface area contributed by atoms with E-state index in [1.54, 1.807) is 6.07 Å². The summed E-state index contributed by atoms with van der Waals surface area (Å²) in [4.78, 5) is 17.7. The number of urea groups is 1. The van der Waals surface area contributed by atoms with Crippen molar-refractivity contribution in [3.05, 3.63) is 64.3 Å². The molecular weight excluding hydrogens is 428 g/mol. The summed E-state index contributed by atoms with van der Waals surface area (Å²) in [6.07, 6.45) is 4.18. The molecule has 32 heavy (non-hydrogen) atoms. The summed E-state index contributed by atoms with van der Waals surface area (Å²) in [5, 5.41) is 22.6. The van der Waals surface area contributed by atoms with Gasteiger partial charge in [-0.05, 0) is 43.9 Å². The molecule has 2 aromatic rings. The van der Waals surface area contributed by atoms with Crippen molar-refractivity contribution in [2.24, 2.45) is 0 Å². The highest BCUT2D eigenvalue weighted by Crippen LogP contribution is 2.25. The van der Waals surface area contributed by atoms with Crippen molar-refractivity contribution in [3.8, 4) is 0 Å². The number of rotatable bonds is 8. The Morgan fingerprint density at radius 3 is 2.59 bits per heavy atom. The number of amides is 2. The first-order valence-corrected chi connectivity index (χ1v) is 11.6. The van der Waals surface area contributed by atoms with Gasteiger partial charge < -0.3 is 20.3 Å². The van der Waals surface area contributed by atoms with Crippen molar-refractivity contribution >= 4 is 29.0 Å². The van der Waals surface area contributed by atoms with E-state index in [0.29, 0.717) is 18.3 Å². The molecular formula is C24H33ClN4O3. The standard InChI is InChI=1S/C24H33ClN4O3/c1-3-7-18(2)27-14-12-21(13-15-27)28(17-19-8-5-4-6-9-19)24(30)26-20-10-11-22(25)23(16-20)29(31)32/h4-6,8-11,16,18,21,29,31H,3,7,12-15,17H2,1-2H3,(H,26,30). The molecule has 0 spiro atoms. The summed E-state index contributed by atoms with van der Waals surface area (Å²) in [5.41, 5.74) is 1.45. The fourth-order valence-corrected chi connectivity index (χ4v) is 4.55. The van der Waals surface area contributed by atoms with Crippen molar-refractivity contribution in [2.45, 2.75) is 58.2 Å². The van der Waals surface area contributed by atoms with Crippen LogP contribution in [0.25, 0.3) is 0 Å². The second kappa shape index (κ2) is 11.6. The predicted octanol–water partition coefficient (Wildman–Crippen LogP) is 4.43. The molecule has 1 unspecified atom stereocenters. The van der Waals surface area contributed by atoms with Gasteiger partial charge in [0.2, 0.25) is 0 Å². The van der Waals surface area contributed by atoms with E-state index < -0.39 is 5.23 Å². The summed E-state index contributed by atoms with van der Waals surface area (Å²) < 4.78 is 0. The quantitative estimate of drug-likeness (QED) is 0.509. The van der Waals surface area contributed by atoms with Crippen molar-refractivity contribution in [1.29, 1.82) is 0 Å². The number of carbonyl (C=O) groups is 1. The predicted molar refractivity (Wildman–Crippen MR) is 127 cm³/mol. The molecule has 0 aromatic heterocycles. The molecule has 0 saturated carbocycles. The van der Waals surface area contributed by atoms with Gasteiger partial charge in [-0.1, -0.05) is 55.3 Å². The molecule has 0 aliphatic carbocycles. The van der Waals surface area contributed by atoms with Gasteiger partial charge in [0.25, 0.3) is 0 Å². The van der Waals surface area contributed by atoms with Crippen LogP contribution in [0.4, 0.5) is 16.2 Å². The minimum atomic E-state index is -1.12. The Balaban J connectivity index is 1.74. The molecule has 2 amide bonds. The van der Waals surface area contributed by atoms with Crippen molar-refractivity contribution < 1.29 is 15.2 Å². The van der Waals surface area contributed by atoms with E-state index in [1.165, 1.54) is 25.0 Å². The van der Waals surface area contributed by atoms with Crippen molar-refractivity contribution in [1.82, 2.24) is 9.80 Å². The lowest BCUT2D eigenvalue weighted by Gasteiger charge is -2.40. The number of halogens is 1. The Labute approximate surface area is 195 Å². The number of nitrogens with zero attached hydrogens (tertiary/aromatic N) is 2. The van der Waals surface area contributed by atoms with Crippen LogP contribution in [0.5, 0.6) is 0 Å². The van der Waals surface area contributed by atoms with E-state index in [-0.39, 0.29) is 22.8 Å². The highest BCUT2D eigenvalue weighted by atomic mass is 35.5.